The molecule has 0 saturated carbocycles. The van der Waals surface area contributed by atoms with Crippen molar-refractivity contribution in [3.05, 3.63) is 89.4 Å². The molecule has 2 heterocycles. The summed E-state index contributed by atoms with van der Waals surface area (Å²) >= 11 is 0. The van der Waals surface area contributed by atoms with Crippen LogP contribution in [0.4, 0.5) is 5.69 Å². The van der Waals surface area contributed by atoms with Gasteiger partial charge in [-0.2, -0.15) is 0 Å². The van der Waals surface area contributed by atoms with E-state index in [0.29, 0.717) is 39.0 Å². The Kier molecular flexibility index (Phi) is 6.40. The molecule has 0 spiro atoms. The first-order chi connectivity index (χ1) is 16.7. The van der Waals surface area contributed by atoms with Gasteiger partial charge in [-0.05, 0) is 55.0 Å². The van der Waals surface area contributed by atoms with E-state index in [-0.39, 0.29) is 10.6 Å². The Labute approximate surface area is 202 Å². The molecule has 0 amide bonds. The number of carboxylic acids is 1. The third-order valence-corrected chi connectivity index (χ3v) is 7.26. The topological polar surface area (TPSA) is 110 Å². The highest BCUT2D eigenvalue weighted by Crippen LogP contribution is 2.33. The second kappa shape index (κ2) is 9.44. The van der Waals surface area contributed by atoms with Crippen molar-refractivity contribution < 1.29 is 23.1 Å². The molecule has 4 aromatic rings. The summed E-state index contributed by atoms with van der Waals surface area (Å²) in [4.78, 5) is 19.4. The van der Waals surface area contributed by atoms with Crippen LogP contribution in [-0.4, -0.2) is 43.6 Å². The smallest absolute Gasteiger partial charge is 0.354 e. The number of hydrogen-bond acceptors (Lipinski definition) is 6. The number of rotatable bonds is 5. The van der Waals surface area contributed by atoms with Crippen LogP contribution in [0.15, 0.2) is 71.9 Å². The Morgan fingerprint density at radius 1 is 1.03 bits per heavy atom. The van der Waals surface area contributed by atoms with E-state index in [4.69, 9.17) is 9.84 Å². The third kappa shape index (κ3) is 4.52. The van der Waals surface area contributed by atoms with E-state index < -0.39 is 16.0 Å². The van der Waals surface area contributed by atoms with Gasteiger partial charge in [-0.3, -0.25) is 9.29 Å². The number of benzene rings is 2. The van der Waals surface area contributed by atoms with Crippen molar-refractivity contribution in [2.24, 2.45) is 0 Å². The SMILES string of the molecule is COc1ccc(S(=O)(=O)N(C)c2ccccc2C#Cc2cnc(C(=O)O)cc2C)c2ncccc12. The highest BCUT2D eigenvalue weighted by atomic mass is 32.2. The van der Waals surface area contributed by atoms with Gasteiger partial charge in [0.05, 0.1) is 18.3 Å². The number of anilines is 1. The van der Waals surface area contributed by atoms with Crippen LogP contribution in [0.3, 0.4) is 0 Å². The Bertz CT molecular complexity index is 1620. The number of methoxy groups -OCH3 is 1. The molecule has 2 aromatic carbocycles. The van der Waals surface area contributed by atoms with Crippen LogP contribution in [0.1, 0.15) is 27.2 Å². The van der Waals surface area contributed by atoms with Gasteiger partial charge in [-0.15, -0.1) is 0 Å². The maximum atomic E-state index is 13.7. The molecule has 0 unspecified atom stereocenters. The fraction of sp³-hybridized carbons (Fsp3) is 0.115. The van der Waals surface area contributed by atoms with Gasteiger partial charge in [-0.25, -0.2) is 18.2 Å². The molecule has 8 nitrogen and oxygen atoms in total. The average Bonchev–Trinajstić information content (AvgIpc) is 2.86. The van der Waals surface area contributed by atoms with Crippen LogP contribution in [-0.2, 0) is 10.0 Å². The minimum Gasteiger partial charge on any atom is -0.496 e. The second-order valence-electron chi connectivity index (χ2n) is 7.59. The highest BCUT2D eigenvalue weighted by molar-refractivity contribution is 7.93. The molecule has 0 aliphatic heterocycles. The van der Waals surface area contributed by atoms with Gasteiger partial charge in [0.25, 0.3) is 10.0 Å². The molecule has 35 heavy (non-hydrogen) atoms. The van der Waals surface area contributed by atoms with Crippen molar-refractivity contribution in [2.45, 2.75) is 11.8 Å². The van der Waals surface area contributed by atoms with Gasteiger partial charge in [-0.1, -0.05) is 24.0 Å². The summed E-state index contributed by atoms with van der Waals surface area (Å²) in [6, 6.07) is 14.9. The quantitative estimate of drug-likeness (QED) is 0.426. The third-order valence-electron chi connectivity index (χ3n) is 5.46. The molecule has 9 heteroatoms. The molecule has 0 fully saturated rings. The fourth-order valence-electron chi connectivity index (χ4n) is 3.58. The van der Waals surface area contributed by atoms with E-state index in [0.717, 1.165) is 0 Å². The van der Waals surface area contributed by atoms with E-state index in [1.165, 1.54) is 43.0 Å². The number of aromatic carboxylic acids is 1. The number of carboxylic acid groups (broad SMARTS) is 1. The number of hydrogen-bond donors (Lipinski definition) is 1. The van der Waals surface area contributed by atoms with Gasteiger partial charge in [0.15, 0.2) is 0 Å². The number of sulfonamides is 1. The largest absolute Gasteiger partial charge is 0.496 e. The summed E-state index contributed by atoms with van der Waals surface area (Å²) in [6.07, 6.45) is 2.93. The average molecular weight is 488 g/mol. The predicted octanol–water partition coefficient (Wildman–Crippen LogP) is 3.87. The van der Waals surface area contributed by atoms with E-state index in [1.54, 1.807) is 49.4 Å². The molecule has 0 aliphatic carbocycles. The van der Waals surface area contributed by atoms with Gasteiger partial charge < -0.3 is 9.84 Å². The Balaban J connectivity index is 1.77. The predicted molar refractivity (Wildman–Crippen MR) is 132 cm³/mol. The zero-order valence-electron chi connectivity index (χ0n) is 19.2. The first-order valence-electron chi connectivity index (χ1n) is 10.5. The highest BCUT2D eigenvalue weighted by Gasteiger charge is 2.26. The lowest BCUT2D eigenvalue weighted by Gasteiger charge is -2.22. The van der Waals surface area contributed by atoms with Crippen LogP contribution < -0.4 is 9.04 Å². The van der Waals surface area contributed by atoms with E-state index in [1.807, 2.05) is 0 Å². The van der Waals surface area contributed by atoms with Crippen molar-refractivity contribution in [1.82, 2.24) is 9.97 Å². The maximum Gasteiger partial charge on any atom is 0.354 e. The number of aromatic nitrogens is 2. The minimum atomic E-state index is -4.00. The standard InChI is InChI=1S/C26H21N3O5S/c1-17-15-21(26(30)31)28-16-19(17)11-10-18-7-4-5-9-22(18)29(2)35(32,33)24-13-12-23(34-3)20-8-6-14-27-25(20)24/h4-9,12-16H,1-3H3,(H,30,31). The Morgan fingerprint density at radius 3 is 2.49 bits per heavy atom. The first-order valence-corrected chi connectivity index (χ1v) is 11.9. The van der Waals surface area contributed by atoms with Crippen LogP contribution in [0.25, 0.3) is 10.9 Å². The normalized spacial score (nSPS) is 10.9. The number of aryl methyl sites for hydroxylation is 1. The molecule has 1 N–H and O–H groups in total. The number of fused-ring (bicyclic) bond motifs is 1. The molecule has 0 bridgehead atoms. The lowest BCUT2D eigenvalue weighted by molar-refractivity contribution is 0.0690. The van der Waals surface area contributed by atoms with Crippen LogP contribution in [0.5, 0.6) is 5.75 Å². The summed E-state index contributed by atoms with van der Waals surface area (Å²) in [5.41, 5.74) is 2.29. The van der Waals surface area contributed by atoms with E-state index in [2.05, 4.69) is 21.8 Å². The van der Waals surface area contributed by atoms with Gasteiger partial charge >= 0.3 is 5.97 Å². The Morgan fingerprint density at radius 2 is 1.77 bits per heavy atom. The zero-order valence-corrected chi connectivity index (χ0v) is 20.0. The Hall–Kier alpha value is -4.42. The van der Waals surface area contributed by atoms with E-state index in [9.17, 15) is 13.2 Å². The first kappa shape index (κ1) is 23.7. The number of carbonyl (C=O) groups is 1. The molecule has 0 radical (unpaired) electrons. The zero-order chi connectivity index (χ0) is 25.2. The van der Waals surface area contributed by atoms with Crippen LogP contribution >= 0.6 is 0 Å². The summed E-state index contributed by atoms with van der Waals surface area (Å²) in [6.45, 7) is 1.74. The molecule has 176 valence electrons. The minimum absolute atomic E-state index is 0.0449. The van der Waals surface area contributed by atoms with Crippen molar-refractivity contribution >= 4 is 32.6 Å². The fourth-order valence-corrected chi connectivity index (χ4v) is 4.94. The van der Waals surface area contributed by atoms with Gasteiger partial charge in [0, 0.05) is 36.0 Å². The summed E-state index contributed by atoms with van der Waals surface area (Å²) in [5, 5.41) is 9.69. The second-order valence-corrected chi connectivity index (χ2v) is 9.53. The monoisotopic (exact) mass is 487 g/mol. The summed E-state index contributed by atoms with van der Waals surface area (Å²) in [7, 11) is -1.02. The molecule has 0 saturated heterocycles. The van der Waals surface area contributed by atoms with Crippen molar-refractivity contribution in [1.29, 1.82) is 0 Å². The number of pyridine rings is 2. The molecular formula is C26H21N3O5S. The van der Waals surface area contributed by atoms with Gasteiger partial charge in [0.2, 0.25) is 0 Å². The maximum absolute atomic E-state index is 13.7. The molecule has 0 aliphatic rings. The molecule has 2 aromatic heterocycles. The van der Waals surface area contributed by atoms with Gasteiger partial charge in [0.1, 0.15) is 16.3 Å². The van der Waals surface area contributed by atoms with E-state index >= 15 is 0 Å². The molecule has 0 atom stereocenters. The number of para-hydroxylation sites is 1. The van der Waals surface area contributed by atoms with Crippen molar-refractivity contribution in [3.8, 4) is 17.6 Å². The summed E-state index contributed by atoms with van der Waals surface area (Å²) in [5.74, 6) is 5.38. The number of ether oxygens (including phenoxy) is 1. The van der Waals surface area contributed by atoms with Crippen LogP contribution in [0, 0.1) is 18.8 Å². The van der Waals surface area contributed by atoms with Crippen molar-refractivity contribution in [3.63, 3.8) is 0 Å². The lowest BCUT2D eigenvalue weighted by Crippen LogP contribution is -2.27. The van der Waals surface area contributed by atoms with Crippen molar-refractivity contribution in [2.75, 3.05) is 18.5 Å². The van der Waals surface area contributed by atoms with Crippen LogP contribution in [0.2, 0.25) is 0 Å². The summed E-state index contributed by atoms with van der Waals surface area (Å²) < 4.78 is 33.9. The molecule has 4 rings (SSSR count). The lowest BCUT2D eigenvalue weighted by atomic mass is 10.1. The molecular weight excluding hydrogens is 466 g/mol. The number of nitrogens with zero attached hydrogens (tertiary/aromatic N) is 3.